The normalized spacial score (nSPS) is 10.8. The average molecular weight is 318 g/mol. The molecule has 0 fully saturated rings. The maximum absolute atomic E-state index is 3.53. The highest BCUT2D eigenvalue weighted by molar-refractivity contribution is 9.10. The summed E-state index contributed by atoms with van der Waals surface area (Å²) < 4.78 is 1.16. The van der Waals surface area contributed by atoms with Crippen molar-refractivity contribution in [1.82, 2.24) is 0 Å². The van der Waals surface area contributed by atoms with E-state index in [0.717, 1.165) is 11.0 Å². The quantitative estimate of drug-likeness (QED) is 0.785. The molecule has 100 valence electrons. The largest absolute Gasteiger partial charge is 0.381 e. The lowest BCUT2D eigenvalue weighted by Crippen LogP contribution is -2.00. The molecule has 0 amide bonds. The molecule has 0 saturated heterocycles. The number of halogens is 1. The van der Waals surface area contributed by atoms with Crippen molar-refractivity contribution in [1.29, 1.82) is 0 Å². The Bertz CT molecular complexity index is 544. The van der Waals surface area contributed by atoms with E-state index >= 15 is 0 Å². The SMILES string of the molecule is Cc1cc(CNc2ccc(C(C)C)cc2)ccc1Br. The molecule has 2 heteroatoms. The molecule has 0 spiro atoms. The van der Waals surface area contributed by atoms with Gasteiger partial charge in [0.15, 0.2) is 0 Å². The van der Waals surface area contributed by atoms with Crippen molar-refractivity contribution in [2.75, 3.05) is 5.32 Å². The number of anilines is 1. The summed E-state index contributed by atoms with van der Waals surface area (Å²) in [7, 11) is 0. The molecule has 0 aliphatic heterocycles. The molecular formula is C17H20BrN. The van der Waals surface area contributed by atoms with Crippen LogP contribution in [0.15, 0.2) is 46.9 Å². The molecule has 2 aromatic carbocycles. The molecular weight excluding hydrogens is 298 g/mol. The van der Waals surface area contributed by atoms with Gasteiger partial charge in [-0.2, -0.15) is 0 Å². The minimum Gasteiger partial charge on any atom is -0.381 e. The van der Waals surface area contributed by atoms with Gasteiger partial charge in [0.25, 0.3) is 0 Å². The van der Waals surface area contributed by atoms with E-state index < -0.39 is 0 Å². The van der Waals surface area contributed by atoms with Gasteiger partial charge in [0, 0.05) is 16.7 Å². The first-order valence-corrected chi connectivity index (χ1v) is 7.44. The molecule has 0 aliphatic rings. The van der Waals surface area contributed by atoms with Crippen LogP contribution in [-0.2, 0) is 6.54 Å². The van der Waals surface area contributed by atoms with Crippen LogP contribution in [0.1, 0.15) is 36.5 Å². The van der Waals surface area contributed by atoms with Crippen molar-refractivity contribution in [2.45, 2.75) is 33.2 Å². The predicted molar refractivity (Wildman–Crippen MR) is 86.7 cm³/mol. The Kier molecular flexibility index (Phi) is 4.65. The number of hydrogen-bond donors (Lipinski definition) is 1. The van der Waals surface area contributed by atoms with E-state index in [4.69, 9.17) is 0 Å². The van der Waals surface area contributed by atoms with Crippen LogP contribution in [0.5, 0.6) is 0 Å². The average Bonchev–Trinajstić information content (AvgIpc) is 2.40. The molecule has 2 rings (SSSR count). The second kappa shape index (κ2) is 6.25. The number of aryl methyl sites for hydroxylation is 1. The van der Waals surface area contributed by atoms with Crippen LogP contribution in [0.4, 0.5) is 5.69 Å². The van der Waals surface area contributed by atoms with Gasteiger partial charge in [0.2, 0.25) is 0 Å². The van der Waals surface area contributed by atoms with Crippen molar-refractivity contribution in [3.8, 4) is 0 Å². The maximum Gasteiger partial charge on any atom is 0.0400 e. The molecule has 19 heavy (non-hydrogen) atoms. The molecule has 2 aromatic rings. The fourth-order valence-electron chi connectivity index (χ4n) is 2.01. The summed E-state index contributed by atoms with van der Waals surface area (Å²) in [6.07, 6.45) is 0. The minimum absolute atomic E-state index is 0.586. The molecule has 0 unspecified atom stereocenters. The fraction of sp³-hybridized carbons (Fsp3) is 0.294. The Labute approximate surface area is 124 Å². The highest BCUT2D eigenvalue weighted by Gasteiger charge is 2.00. The van der Waals surface area contributed by atoms with Gasteiger partial charge in [0.05, 0.1) is 0 Å². The van der Waals surface area contributed by atoms with E-state index in [1.54, 1.807) is 0 Å². The van der Waals surface area contributed by atoms with Crippen LogP contribution >= 0.6 is 15.9 Å². The van der Waals surface area contributed by atoms with Crippen molar-refractivity contribution in [3.05, 3.63) is 63.6 Å². The minimum atomic E-state index is 0.586. The van der Waals surface area contributed by atoms with Crippen LogP contribution in [0.25, 0.3) is 0 Å². The molecule has 0 radical (unpaired) electrons. The van der Waals surface area contributed by atoms with Gasteiger partial charge in [-0.15, -0.1) is 0 Å². The summed E-state index contributed by atoms with van der Waals surface area (Å²) in [5.74, 6) is 0.586. The Morgan fingerprint density at radius 3 is 2.32 bits per heavy atom. The molecule has 1 N–H and O–H groups in total. The molecule has 0 atom stereocenters. The highest BCUT2D eigenvalue weighted by Crippen LogP contribution is 2.19. The first kappa shape index (κ1) is 14.1. The lowest BCUT2D eigenvalue weighted by atomic mass is 10.0. The van der Waals surface area contributed by atoms with Crippen molar-refractivity contribution in [3.63, 3.8) is 0 Å². The third kappa shape index (κ3) is 3.84. The summed E-state index contributed by atoms with van der Waals surface area (Å²) >= 11 is 3.53. The van der Waals surface area contributed by atoms with E-state index in [1.165, 1.54) is 22.4 Å². The van der Waals surface area contributed by atoms with Crippen LogP contribution in [-0.4, -0.2) is 0 Å². The van der Waals surface area contributed by atoms with Crippen molar-refractivity contribution in [2.24, 2.45) is 0 Å². The zero-order valence-electron chi connectivity index (χ0n) is 11.7. The van der Waals surface area contributed by atoms with Gasteiger partial charge < -0.3 is 5.32 Å². The molecule has 0 aromatic heterocycles. The molecule has 1 nitrogen and oxygen atoms in total. The van der Waals surface area contributed by atoms with Gasteiger partial charge in [-0.3, -0.25) is 0 Å². The Morgan fingerprint density at radius 1 is 1.05 bits per heavy atom. The van der Waals surface area contributed by atoms with E-state index in [0.29, 0.717) is 5.92 Å². The molecule has 0 heterocycles. The molecule has 0 aliphatic carbocycles. The van der Waals surface area contributed by atoms with Crippen molar-refractivity contribution < 1.29 is 0 Å². The first-order chi connectivity index (χ1) is 9.06. The van der Waals surface area contributed by atoms with Gasteiger partial charge in [-0.1, -0.05) is 54.0 Å². The van der Waals surface area contributed by atoms with Gasteiger partial charge in [-0.25, -0.2) is 0 Å². The zero-order valence-corrected chi connectivity index (χ0v) is 13.3. The highest BCUT2D eigenvalue weighted by atomic mass is 79.9. The molecule has 0 bridgehead atoms. The summed E-state index contributed by atoms with van der Waals surface area (Å²) in [4.78, 5) is 0. The van der Waals surface area contributed by atoms with Crippen LogP contribution < -0.4 is 5.32 Å². The number of benzene rings is 2. The Balaban J connectivity index is 2.00. The van der Waals surface area contributed by atoms with Crippen LogP contribution in [0, 0.1) is 6.92 Å². The number of nitrogens with one attached hydrogen (secondary N) is 1. The van der Waals surface area contributed by atoms with Crippen molar-refractivity contribution >= 4 is 21.6 Å². The van der Waals surface area contributed by atoms with Gasteiger partial charge in [-0.05, 0) is 47.7 Å². The lowest BCUT2D eigenvalue weighted by Gasteiger charge is -2.10. The third-order valence-electron chi connectivity index (χ3n) is 3.30. The number of rotatable bonds is 4. The van der Waals surface area contributed by atoms with E-state index in [2.05, 4.69) is 84.5 Å². The summed E-state index contributed by atoms with van der Waals surface area (Å²) in [5.41, 5.74) is 5.12. The standard InChI is InChI=1S/C17H20BrN/c1-12(2)15-5-7-16(8-6-15)19-11-14-4-9-17(18)13(3)10-14/h4-10,12,19H,11H2,1-3H3. The van der Waals surface area contributed by atoms with E-state index in [9.17, 15) is 0 Å². The summed E-state index contributed by atoms with van der Waals surface area (Å²) in [6.45, 7) is 7.40. The fourth-order valence-corrected chi connectivity index (χ4v) is 2.25. The Morgan fingerprint density at radius 2 is 1.74 bits per heavy atom. The summed E-state index contributed by atoms with van der Waals surface area (Å²) in [6, 6.07) is 15.2. The zero-order chi connectivity index (χ0) is 13.8. The van der Waals surface area contributed by atoms with Crippen LogP contribution in [0.3, 0.4) is 0 Å². The second-order valence-electron chi connectivity index (χ2n) is 5.21. The van der Waals surface area contributed by atoms with Crippen LogP contribution in [0.2, 0.25) is 0 Å². The third-order valence-corrected chi connectivity index (χ3v) is 4.19. The van der Waals surface area contributed by atoms with Gasteiger partial charge in [0.1, 0.15) is 0 Å². The van der Waals surface area contributed by atoms with E-state index in [-0.39, 0.29) is 0 Å². The van der Waals surface area contributed by atoms with Gasteiger partial charge >= 0.3 is 0 Å². The van der Waals surface area contributed by atoms with E-state index in [1.807, 2.05) is 0 Å². The topological polar surface area (TPSA) is 12.0 Å². The number of hydrogen-bond acceptors (Lipinski definition) is 1. The first-order valence-electron chi connectivity index (χ1n) is 6.65. The summed E-state index contributed by atoms with van der Waals surface area (Å²) in [5, 5.41) is 3.46. The predicted octanol–water partition coefficient (Wildman–Crippen LogP) is 5.49. The smallest absolute Gasteiger partial charge is 0.0400 e. The monoisotopic (exact) mass is 317 g/mol. The second-order valence-corrected chi connectivity index (χ2v) is 6.07. The Hall–Kier alpha value is -1.28. The maximum atomic E-state index is 3.53. The lowest BCUT2D eigenvalue weighted by molar-refractivity contribution is 0.867. The molecule has 0 saturated carbocycles.